The van der Waals surface area contributed by atoms with E-state index in [1.807, 2.05) is 6.92 Å². The average Bonchev–Trinajstić information content (AvgIpc) is 2.88. The van der Waals surface area contributed by atoms with Gasteiger partial charge in [0.1, 0.15) is 4.83 Å². The molecule has 0 spiro atoms. The molecule has 1 amide bonds. The van der Waals surface area contributed by atoms with Gasteiger partial charge >= 0.3 is 0 Å². The Hall–Kier alpha value is -1.34. The largest absolute Gasteiger partial charge is 0.355 e. The van der Waals surface area contributed by atoms with Crippen molar-refractivity contribution in [3.63, 3.8) is 0 Å². The van der Waals surface area contributed by atoms with Crippen LogP contribution in [0.3, 0.4) is 0 Å². The minimum Gasteiger partial charge on any atom is -0.355 e. The predicted octanol–water partition coefficient (Wildman–Crippen LogP) is 4.13. The van der Waals surface area contributed by atoms with Gasteiger partial charge in [-0.05, 0) is 37.7 Å². The number of amides is 1. The van der Waals surface area contributed by atoms with E-state index in [1.54, 1.807) is 11.3 Å². The van der Waals surface area contributed by atoms with Crippen LogP contribution in [0.1, 0.15) is 51.5 Å². The van der Waals surface area contributed by atoms with Crippen LogP contribution in [0.2, 0.25) is 0 Å². The van der Waals surface area contributed by atoms with Crippen molar-refractivity contribution < 1.29 is 4.79 Å². The molecule has 0 radical (unpaired) electrons. The van der Waals surface area contributed by atoms with Crippen molar-refractivity contribution >= 4 is 39.2 Å². The Kier molecular flexibility index (Phi) is 7.29. The van der Waals surface area contributed by atoms with Crippen molar-refractivity contribution in [3.05, 3.63) is 20.8 Å². The molecule has 0 aliphatic rings. The lowest BCUT2D eigenvalue weighted by Crippen LogP contribution is -2.33. The first-order valence-electron chi connectivity index (χ1n) is 9.19. The summed E-state index contributed by atoms with van der Waals surface area (Å²) in [6.45, 7) is 13.0. The summed E-state index contributed by atoms with van der Waals surface area (Å²) in [5.41, 5.74) is 1.02. The van der Waals surface area contributed by atoms with E-state index in [-0.39, 0.29) is 16.7 Å². The molecule has 0 unspecified atom stereocenters. The van der Waals surface area contributed by atoms with Crippen LogP contribution >= 0.6 is 23.1 Å². The van der Waals surface area contributed by atoms with E-state index in [2.05, 4.69) is 49.9 Å². The predicted molar refractivity (Wildman–Crippen MR) is 111 cm³/mol. The third-order valence-electron chi connectivity index (χ3n) is 4.43. The molecule has 7 heteroatoms. The van der Waals surface area contributed by atoms with E-state index < -0.39 is 0 Å². The molecule has 26 heavy (non-hydrogen) atoms. The molecule has 2 rings (SSSR count). The Labute approximate surface area is 163 Å². The maximum atomic E-state index is 12.7. The third kappa shape index (κ3) is 5.10. The molecule has 2 aromatic heterocycles. The summed E-state index contributed by atoms with van der Waals surface area (Å²) in [5, 5.41) is 3.83. The zero-order valence-electron chi connectivity index (χ0n) is 16.4. The molecule has 0 saturated carbocycles. The minimum absolute atomic E-state index is 0.0359. The van der Waals surface area contributed by atoms with E-state index in [0.29, 0.717) is 28.9 Å². The van der Waals surface area contributed by atoms with Crippen LogP contribution in [0, 0.1) is 18.8 Å². The van der Waals surface area contributed by atoms with E-state index in [4.69, 9.17) is 0 Å². The lowest BCUT2D eigenvalue weighted by atomic mass is 9.98. The number of carbonyl (C=O) groups excluding carboxylic acids is 1. The maximum absolute atomic E-state index is 12.7. The Bertz CT molecular complexity index is 826. The molecule has 2 heterocycles. The number of aromatic nitrogens is 2. The molecule has 0 aliphatic carbocycles. The van der Waals surface area contributed by atoms with Gasteiger partial charge in [0.25, 0.3) is 5.56 Å². The Balaban J connectivity index is 2.23. The fraction of sp³-hybridized carbons (Fsp3) is 0.632. The minimum atomic E-state index is -0.310. The molecule has 5 nitrogen and oxygen atoms in total. The second kappa shape index (κ2) is 9.04. The van der Waals surface area contributed by atoms with E-state index in [9.17, 15) is 9.59 Å². The summed E-state index contributed by atoms with van der Waals surface area (Å²) in [6.07, 6.45) is 1.98. The van der Waals surface area contributed by atoms with Crippen molar-refractivity contribution in [3.8, 4) is 0 Å². The first-order chi connectivity index (χ1) is 12.2. The number of thioether (sulfide) groups is 1. The highest BCUT2D eigenvalue weighted by molar-refractivity contribution is 8.00. The second-order valence-corrected chi connectivity index (χ2v) is 9.84. The molecule has 0 bridgehead atoms. The van der Waals surface area contributed by atoms with Crippen molar-refractivity contribution in [1.29, 1.82) is 0 Å². The molecule has 0 saturated heterocycles. The van der Waals surface area contributed by atoms with Crippen LogP contribution < -0.4 is 10.9 Å². The van der Waals surface area contributed by atoms with Crippen LogP contribution in [-0.4, -0.2) is 27.7 Å². The van der Waals surface area contributed by atoms with Crippen molar-refractivity contribution in [2.45, 2.75) is 64.8 Å². The Morgan fingerprint density at radius 3 is 2.62 bits per heavy atom. The number of rotatable bonds is 8. The Morgan fingerprint density at radius 2 is 2.00 bits per heavy atom. The van der Waals surface area contributed by atoms with Gasteiger partial charge in [0.2, 0.25) is 5.91 Å². The summed E-state index contributed by atoms with van der Waals surface area (Å²) in [7, 11) is 0. The van der Waals surface area contributed by atoms with Gasteiger partial charge in [-0.3, -0.25) is 9.59 Å². The van der Waals surface area contributed by atoms with Crippen LogP contribution in [0.5, 0.6) is 0 Å². The first-order valence-corrected chi connectivity index (χ1v) is 10.9. The monoisotopic (exact) mass is 395 g/mol. The summed E-state index contributed by atoms with van der Waals surface area (Å²) in [5.74, 6) is 0.902. The maximum Gasteiger partial charge on any atom is 0.260 e. The summed E-state index contributed by atoms with van der Waals surface area (Å²) in [4.78, 5) is 34.2. The highest BCUT2D eigenvalue weighted by atomic mass is 32.2. The molecule has 2 atom stereocenters. The highest BCUT2D eigenvalue weighted by Gasteiger charge is 2.20. The topological polar surface area (TPSA) is 74.8 Å². The molecule has 0 aliphatic heterocycles. The number of aromatic amines is 1. The van der Waals surface area contributed by atoms with Crippen LogP contribution in [0.15, 0.2) is 9.95 Å². The lowest BCUT2D eigenvalue weighted by molar-refractivity contribution is -0.120. The number of aryl methyl sites for hydroxylation is 1. The van der Waals surface area contributed by atoms with Crippen molar-refractivity contribution in [2.75, 3.05) is 6.54 Å². The van der Waals surface area contributed by atoms with E-state index in [1.165, 1.54) is 11.8 Å². The second-order valence-electron chi connectivity index (χ2n) is 7.30. The van der Waals surface area contributed by atoms with Gasteiger partial charge in [-0.1, -0.05) is 45.9 Å². The number of nitrogens with one attached hydrogen (secondary N) is 2. The quantitative estimate of drug-likeness (QED) is 0.520. The van der Waals surface area contributed by atoms with Crippen molar-refractivity contribution in [1.82, 2.24) is 15.3 Å². The Morgan fingerprint density at radius 1 is 1.31 bits per heavy atom. The van der Waals surface area contributed by atoms with Gasteiger partial charge < -0.3 is 10.3 Å². The summed E-state index contributed by atoms with van der Waals surface area (Å²) in [6, 6.07) is 0. The third-order valence-corrected chi connectivity index (χ3v) is 6.46. The molecular formula is C19H29N3O2S2. The number of nitrogens with zero attached hydrogens (tertiary/aromatic N) is 1. The number of hydrogen-bond donors (Lipinski definition) is 2. The van der Waals surface area contributed by atoms with E-state index >= 15 is 0 Å². The number of hydrogen-bond acceptors (Lipinski definition) is 5. The van der Waals surface area contributed by atoms with Crippen molar-refractivity contribution in [2.24, 2.45) is 11.8 Å². The van der Waals surface area contributed by atoms with E-state index in [0.717, 1.165) is 28.1 Å². The van der Waals surface area contributed by atoms with Gasteiger partial charge in [-0.2, -0.15) is 0 Å². The number of carbonyl (C=O) groups is 1. The zero-order chi connectivity index (χ0) is 19.4. The lowest BCUT2D eigenvalue weighted by Gasteiger charge is -2.12. The van der Waals surface area contributed by atoms with Gasteiger partial charge in [-0.25, -0.2) is 4.98 Å². The molecule has 0 aromatic carbocycles. The SMILES string of the molecule is CC[C@@H](C)Cc1c(C)sc2nc(S[C@@H](C)C(=O)NCC(C)C)[nH]c(=O)c12. The van der Waals surface area contributed by atoms with Gasteiger partial charge in [-0.15, -0.1) is 11.3 Å². The zero-order valence-corrected chi connectivity index (χ0v) is 18.1. The summed E-state index contributed by atoms with van der Waals surface area (Å²) >= 11 is 2.86. The molecule has 2 aromatic rings. The van der Waals surface area contributed by atoms with Gasteiger partial charge in [0, 0.05) is 11.4 Å². The first kappa shape index (κ1) is 21.0. The van der Waals surface area contributed by atoms with Gasteiger partial charge in [0.15, 0.2) is 5.16 Å². The molecule has 2 N–H and O–H groups in total. The van der Waals surface area contributed by atoms with Crippen LogP contribution in [0.4, 0.5) is 0 Å². The number of thiophene rings is 1. The molecule has 0 fully saturated rings. The normalized spacial score (nSPS) is 14.0. The number of fused-ring (bicyclic) bond motifs is 1. The van der Waals surface area contributed by atoms with Gasteiger partial charge in [0.05, 0.1) is 10.6 Å². The highest BCUT2D eigenvalue weighted by Crippen LogP contribution is 2.31. The number of H-pyrrole nitrogens is 1. The van der Waals surface area contributed by atoms with Crippen LogP contribution in [0.25, 0.3) is 10.2 Å². The molecule has 144 valence electrons. The molecular weight excluding hydrogens is 366 g/mol. The average molecular weight is 396 g/mol. The fourth-order valence-corrected chi connectivity index (χ4v) is 4.55. The van der Waals surface area contributed by atoms with Crippen LogP contribution in [-0.2, 0) is 11.2 Å². The smallest absolute Gasteiger partial charge is 0.260 e. The fourth-order valence-electron chi connectivity index (χ4n) is 2.62. The summed E-state index contributed by atoms with van der Waals surface area (Å²) < 4.78 is 0. The standard InChI is InChI=1S/C19H29N3O2S2/c1-7-11(4)8-14-12(5)25-18-15(14)17(24)21-19(22-18)26-13(6)16(23)20-9-10(2)3/h10-11,13H,7-9H2,1-6H3,(H,20,23)(H,21,22,24)/t11-,13+/m1/s1.